The summed E-state index contributed by atoms with van der Waals surface area (Å²) in [5.74, 6) is 1.25. The van der Waals surface area contributed by atoms with E-state index in [1.54, 1.807) is 36.4 Å². The molecule has 0 aromatic heterocycles. The summed E-state index contributed by atoms with van der Waals surface area (Å²) in [6.07, 6.45) is 3.85. The van der Waals surface area contributed by atoms with Crippen LogP contribution in [0.4, 0.5) is 5.69 Å². The fourth-order valence-corrected chi connectivity index (χ4v) is 2.99. The van der Waals surface area contributed by atoms with Crippen LogP contribution < -0.4 is 15.8 Å². The van der Waals surface area contributed by atoms with E-state index in [4.69, 9.17) is 10.5 Å². The summed E-state index contributed by atoms with van der Waals surface area (Å²) in [6.45, 7) is 3.86. The number of carbonyl (C=O) groups excluding carboxylic acids is 1. The number of hydrogen-bond acceptors (Lipinski definition) is 4. The second-order valence-electron chi connectivity index (χ2n) is 6.36. The highest BCUT2D eigenvalue weighted by atomic mass is 16.5. The van der Waals surface area contributed by atoms with Crippen molar-refractivity contribution in [2.24, 2.45) is 0 Å². The number of rotatable bonds is 6. The fraction of sp³-hybridized carbons (Fsp3) is 0.350. The van der Waals surface area contributed by atoms with E-state index < -0.39 is 0 Å². The Hall–Kier alpha value is -2.53. The standard InChI is InChI=1S/C20H25N3O2/c21-17-7-9-18(10-8-17)25-19-6-4-5-16(15-19)20(24)22-11-14-23-12-2-1-3-13-23/h4-10,15H,1-3,11-14,21H2,(H,22,24). The van der Waals surface area contributed by atoms with Crippen molar-refractivity contribution in [3.63, 3.8) is 0 Å². The van der Waals surface area contributed by atoms with Crippen molar-refractivity contribution in [1.82, 2.24) is 10.2 Å². The van der Waals surface area contributed by atoms with Gasteiger partial charge in [0.25, 0.3) is 5.91 Å². The molecule has 0 saturated carbocycles. The number of nitrogens with two attached hydrogens (primary N) is 1. The van der Waals surface area contributed by atoms with Crippen LogP contribution in [0, 0.1) is 0 Å². The molecule has 1 aliphatic heterocycles. The predicted molar refractivity (Wildman–Crippen MR) is 100.0 cm³/mol. The molecule has 5 heteroatoms. The van der Waals surface area contributed by atoms with Gasteiger partial charge in [0.15, 0.2) is 0 Å². The van der Waals surface area contributed by atoms with Crippen molar-refractivity contribution in [3.8, 4) is 11.5 Å². The quantitative estimate of drug-likeness (QED) is 0.793. The van der Waals surface area contributed by atoms with Crippen molar-refractivity contribution < 1.29 is 9.53 Å². The summed E-state index contributed by atoms with van der Waals surface area (Å²) in [5.41, 5.74) is 6.96. The number of hydrogen-bond donors (Lipinski definition) is 2. The second-order valence-corrected chi connectivity index (χ2v) is 6.36. The van der Waals surface area contributed by atoms with Gasteiger partial charge in [0.2, 0.25) is 0 Å². The lowest BCUT2D eigenvalue weighted by molar-refractivity contribution is 0.0946. The molecule has 0 atom stereocenters. The number of benzene rings is 2. The number of likely N-dealkylation sites (tertiary alicyclic amines) is 1. The average molecular weight is 339 g/mol. The predicted octanol–water partition coefficient (Wildman–Crippen LogP) is 3.28. The second kappa shape index (κ2) is 8.53. The first-order chi connectivity index (χ1) is 12.2. The van der Waals surface area contributed by atoms with Gasteiger partial charge in [-0.1, -0.05) is 12.5 Å². The summed E-state index contributed by atoms with van der Waals surface area (Å²) in [7, 11) is 0. The van der Waals surface area contributed by atoms with Crippen LogP contribution in [0.5, 0.6) is 11.5 Å². The number of nitrogens with one attached hydrogen (secondary N) is 1. The van der Waals surface area contributed by atoms with Gasteiger partial charge in [-0.3, -0.25) is 4.79 Å². The van der Waals surface area contributed by atoms with Crippen LogP contribution >= 0.6 is 0 Å². The Balaban J connectivity index is 1.52. The molecule has 1 heterocycles. The van der Waals surface area contributed by atoms with Gasteiger partial charge in [0.1, 0.15) is 11.5 Å². The lowest BCUT2D eigenvalue weighted by atomic mass is 10.1. The van der Waals surface area contributed by atoms with E-state index in [2.05, 4.69) is 10.2 Å². The van der Waals surface area contributed by atoms with Crippen LogP contribution in [-0.2, 0) is 0 Å². The van der Waals surface area contributed by atoms with E-state index in [0.717, 1.165) is 19.6 Å². The Kier molecular flexibility index (Phi) is 5.90. The molecule has 25 heavy (non-hydrogen) atoms. The first kappa shape index (κ1) is 17.3. The number of amides is 1. The molecule has 2 aromatic rings. The summed E-state index contributed by atoms with van der Waals surface area (Å²) >= 11 is 0. The molecule has 2 aromatic carbocycles. The van der Waals surface area contributed by atoms with Gasteiger partial charge in [-0.05, 0) is 68.4 Å². The topological polar surface area (TPSA) is 67.6 Å². The third-order valence-corrected chi connectivity index (χ3v) is 4.37. The SMILES string of the molecule is Nc1ccc(Oc2cccc(C(=O)NCCN3CCCCC3)c2)cc1. The Bertz CT molecular complexity index is 694. The fourth-order valence-electron chi connectivity index (χ4n) is 2.99. The van der Waals surface area contributed by atoms with E-state index in [1.165, 1.54) is 19.3 Å². The molecule has 1 fully saturated rings. The maximum absolute atomic E-state index is 12.3. The van der Waals surface area contributed by atoms with Crippen molar-refractivity contribution in [2.75, 3.05) is 31.9 Å². The molecule has 3 rings (SSSR count). The smallest absolute Gasteiger partial charge is 0.251 e. The van der Waals surface area contributed by atoms with Crippen molar-refractivity contribution >= 4 is 11.6 Å². The highest BCUT2D eigenvalue weighted by Gasteiger charge is 2.11. The third-order valence-electron chi connectivity index (χ3n) is 4.37. The van der Waals surface area contributed by atoms with Crippen LogP contribution in [0.2, 0.25) is 0 Å². The number of carbonyl (C=O) groups is 1. The average Bonchev–Trinajstić information content (AvgIpc) is 2.65. The van der Waals surface area contributed by atoms with Crippen LogP contribution in [0.1, 0.15) is 29.6 Å². The van der Waals surface area contributed by atoms with Crippen molar-refractivity contribution in [1.29, 1.82) is 0 Å². The van der Waals surface area contributed by atoms with Crippen molar-refractivity contribution in [2.45, 2.75) is 19.3 Å². The van der Waals surface area contributed by atoms with Gasteiger partial charge in [0, 0.05) is 24.3 Å². The molecule has 0 unspecified atom stereocenters. The zero-order chi connectivity index (χ0) is 17.5. The minimum Gasteiger partial charge on any atom is -0.457 e. The monoisotopic (exact) mass is 339 g/mol. The Morgan fingerprint density at radius 1 is 1.04 bits per heavy atom. The summed E-state index contributed by atoms with van der Waals surface area (Å²) in [5, 5.41) is 2.99. The number of anilines is 1. The molecule has 0 spiro atoms. The summed E-state index contributed by atoms with van der Waals surface area (Å²) < 4.78 is 5.78. The lowest BCUT2D eigenvalue weighted by Gasteiger charge is -2.26. The molecule has 1 saturated heterocycles. The number of nitrogen functional groups attached to an aromatic ring is 1. The van der Waals surface area contributed by atoms with Gasteiger partial charge in [-0.25, -0.2) is 0 Å². The van der Waals surface area contributed by atoms with Crippen LogP contribution in [0.25, 0.3) is 0 Å². The molecule has 5 nitrogen and oxygen atoms in total. The zero-order valence-electron chi connectivity index (χ0n) is 14.4. The van der Waals surface area contributed by atoms with E-state index in [9.17, 15) is 4.79 Å². The highest BCUT2D eigenvalue weighted by molar-refractivity contribution is 5.94. The van der Waals surface area contributed by atoms with Gasteiger partial charge in [-0.2, -0.15) is 0 Å². The molecule has 132 valence electrons. The van der Waals surface area contributed by atoms with Crippen LogP contribution in [-0.4, -0.2) is 37.0 Å². The number of piperidine rings is 1. The summed E-state index contributed by atoms with van der Waals surface area (Å²) in [6, 6.07) is 14.4. The maximum atomic E-state index is 12.3. The largest absolute Gasteiger partial charge is 0.457 e. The van der Waals surface area contributed by atoms with E-state index in [1.807, 2.05) is 12.1 Å². The minimum atomic E-state index is -0.0697. The molecular weight excluding hydrogens is 314 g/mol. The lowest BCUT2D eigenvalue weighted by Crippen LogP contribution is -2.37. The Morgan fingerprint density at radius 2 is 1.80 bits per heavy atom. The minimum absolute atomic E-state index is 0.0697. The highest BCUT2D eigenvalue weighted by Crippen LogP contribution is 2.23. The normalized spacial score (nSPS) is 14.9. The van der Waals surface area contributed by atoms with Crippen LogP contribution in [0.15, 0.2) is 48.5 Å². The number of nitrogens with zero attached hydrogens (tertiary/aromatic N) is 1. The molecule has 1 amide bonds. The van der Waals surface area contributed by atoms with E-state index >= 15 is 0 Å². The molecule has 0 radical (unpaired) electrons. The Labute approximate surface area is 148 Å². The first-order valence-electron chi connectivity index (χ1n) is 8.85. The van der Waals surface area contributed by atoms with Crippen molar-refractivity contribution in [3.05, 3.63) is 54.1 Å². The molecule has 1 aliphatic rings. The van der Waals surface area contributed by atoms with Gasteiger partial charge in [-0.15, -0.1) is 0 Å². The van der Waals surface area contributed by atoms with Gasteiger partial charge in [0.05, 0.1) is 0 Å². The first-order valence-corrected chi connectivity index (χ1v) is 8.85. The van der Waals surface area contributed by atoms with Gasteiger partial charge < -0.3 is 20.7 Å². The van der Waals surface area contributed by atoms with Gasteiger partial charge >= 0.3 is 0 Å². The number of ether oxygens (including phenoxy) is 1. The van der Waals surface area contributed by atoms with E-state index in [0.29, 0.717) is 29.3 Å². The summed E-state index contributed by atoms with van der Waals surface area (Å²) in [4.78, 5) is 14.7. The molecular formula is C20H25N3O2. The maximum Gasteiger partial charge on any atom is 0.251 e. The Morgan fingerprint density at radius 3 is 2.56 bits per heavy atom. The molecule has 3 N–H and O–H groups in total. The molecule has 0 bridgehead atoms. The third kappa shape index (κ3) is 5.22. The molecule has 0 aliphatic carbocycles. The zero-order valence-corrected chi connectivity index (χ0v) is 14.4. The van der Waals surface area contributed by atoms with E-state index in [-0.39, 0.29) is 5.91 Å². The van der Waals surface area contributed by atoms with Crippen LogP contribution in [0.3, 0.4) is 0 Å².